The Balaban J connectivity index is 1.37. The van der Waals surface area contributed by atoms with Crippen LogP contribution in [-0.4, -0.2) is 55.0 Å². The lowest BCUT2D eigenvalue weighted by molar-refractivity contribution is -0.123. The number of nitrogens with zero attached hydrogens (tertiary/aromatic N) is 2. The minimum absolute atomic E-state index is 0.0181. The predicted molar refractivity (Wildman–Crippen MR) is 106 cm³/mol. The lowest BCUT2D eigenvalue weighted by atomic mass is 10.1. The van der Waals surface area contributed by atoms with Gasteiger partial charge in [-0.15, -0.1) is 0 Å². The molecule has 0 spiro atoms. The summed E-state index contributed by atoms with van der Waals surface area (Å²) in [6.45, 7) is 7.21. The minimum Gasteiger partial charge on any atom is -0.348 e. The lowest BCUT2D eigenvalue weighted by Gasteiger charge is -2.34. The van der Waals surface area contributed by atoms with E-state index in [1.54, 1.807) is 12.1 Å². The van der Waals surface area contributed by atoms with E-state index in [1.165, 1.54) is 17.7 Å². The number of halogens is 1. The molecule has 1 fully saturated rings. The Bertz CT molecular complexity index is 712. The number of piperazine rings is 1. The van der Waals surface area contributed by atoms with Crippen molar-refractivity contribution in [2.45, 2.75) is 19.4 Å². The van der Waals surface area contributed by atoms with Crippen LogP contribution in [0.1, 0.15) is 24.1 Å². The summed E-state index contributed by atoms with van der Waals surface area (Å²) in [6.07, 6.45) is 1.07. The predicted octanol–water partition coefficient (Wildman–Crippen LogP) is 2.86. The summed E-state index contributed by atoms with van der Waals surface area (Å²) in [4.78, 5) is 17.0. The normalized spacial score (nSPS) is 16.8. The number of benzene rings is 2. The van der Waals surface area contributed by atoms with E-state index in [0.29, 0.717) is 6.54 Å². The third kappa shape index (κ3) is 6.15. The molecular formula is C22H28FN3O. The van der Waals surface area contributed by atoms with E-state index in [9.17, 15) is 9.18 Å². The molecule has 1 unspecified atom stereocenters. The average molecular weight is 369 g/mol. The minimum atomic E-state index is -0.262. The van der Waals surface area contributed by atoms with Gasteiger partial charge in [0.25, 0.3) is 0 Å². The molecule has 0 radical (unpaired) electrons. The van der Waals surface area contributed by atoms with Gasteiger partial charge in [-0.1, -0.05) is 42.5 Å². The summed E-state index contributed by atoms with van der Waals surface area (Å²) in [5.74, 6) is -0.244. The van der Waals surface area contributed by atoms with Crippen LogP contribution in [0.25, 0.3) is 0 Å². The van der Waals surface area contributed by atoms with E-state index < -0.39 is 0 Å². The number of carbonyl (C=O) groups is 1. The van der Waals surface area contributed by atoms with Crippen molar-refractivity contribution < 1.29 is 9.18 Å². The summed E-state index contributed by atoms with van der Waals surface area (Å²) in [7, 11) is 0. The third-order valence-corrected chi connectivity index (χ3v) is 5.14. The second-order valence-corrected chi connectivity index (χ2v) is 7.19. The van der Waals surface area contributed by atoms with Crippen molar-refractivity contribution in [2.75, 3.05) is 39.3 Å². The zero-order chi connectivity index (χ0) is 19.1. The third-order valence-electron chi connectivity index (χ3n) is 5.14. The molecule has 2 aromatic rings. The molecular weight excluding hydrogens is 341 g/mol. The van der Waals surface area contributed by atoms with Crippen LogP contribution in [0, 0.1) is 5.82 Å². The number of nitrogens with one attached hydrogen (secondary N) is 1. The van der Waals surface area contributed by atoms with Gasteiger partial charge in [-0.05, 0) is 36.6 Å². The molecule has 0 saturated carbocycles. The molecule has 4 nitrogen and oxygen atoms in total. The first-order valence-corrected chi connectivity index (χ1v) is 9.63. The monoisotopic (exact) mass is 369 g/mol. The Kier molecular flexibility index (Phi) is 6.96. The molecule has 1 N–H and O–H groups in total. The molecule has 2 aromatic carbocycles. The molecule has 1 atom stereocenters. The van der Waals surface area contributed by atoms with Crippen molar-refractivity contribution in [3.05, 3.63) is 71.5 Å². The molecule has 5 heteroatoms. The fraction of sp³-hybridized carbons (Fsp3) is 0.409. The van der Waals surface area contributed by atoms with Gasteiger partial charge in [-0.2, -0.15) is 0 Å². The van der Waals surface area contributed by atoms with Gasteiger partial charge >= 0.3 is 0 Å². The maximum Gasteiger partial charge on any atom is 0.234 e. The molecule has 144 valence electrons. The highest BCUT2D eigenvalue weighted by molar-refractivity contribution is 5.78. The average Bonchev–Trinajstić information content (AvgIpc) is 2.68. The summed E-state index contributed by atoms with van der Waals surface area (Å²) in [5.41, 5.74) is 2.28. The van der Waals surface area contributed by atoms with Crippen LogP contribution >= 0.6 is 0 Å². The van der Waals surface area contributed by atoms with Crippen LogP contribution in [0.5, 0.6) is 0 Å². The van der Waals surface area contributed by atoms with Crippen molar-refractivity contribution in [1.29, 1.82) is 0 Å². The largest absolute Gasteiger partial charge is 0.348 e. The molecule has 1 aliphatic rings. The maximum atomic E-state index is 13.0. The zero-order valence-electron chi connectivity index (χ0n) is 15.9. The van der Waals surface area contributed by atoms with Crippen molar-refractivity contribution in [3.8, 4) is 0 Å². The Labute approximate surface area is 161 Å². The van der Waals surface area contributed by atoms with E-state index >= 15 is 0 Å². The van der Waals surface area contributed by atoms with E-state index in [0.717, 1.165) is 44.7 Å². The van der Waals surface area contributed by atoms with Gasteiger partial charge in [0.2, 0.25) is 5.91 Å². The molecule has 0 aliphatic carbocycles. The molecule has 27 heavy (non-hydrogen) atoms. The van der Waals surface area contributed by atoms with Crippen molar-refractivity contribution in [1.82, 2.24) is 15.1 Å². The maximum absolute atomic E-state index is 13.0. The molecule has 1 saturated heterocycles. The first-order valence-electron chi connectivity index (χ1n) is 9.63. The van der Waals surface area contributed by atoms with Gasteiger partial charge in [-0.3, -0.25) is 9.69 Å². The zero-order valence-corrected chi connectivity index (χ0v) is 15.9. The summed E-state index contributed by atoms with van der Waals surface area (Å²) in [6, 6.07) is 16.7. The van der Waals surface area contributed by atoms with Crippen LogP contribution in [0.2, 0.25) is 0 Å². The second-order valence-electron chi connectivity index (χ2n) is 7.19. The Morgan fingerprint density at radius 1 is 1.00 bits per heavy atom. The smallest absolute Gasteiger partial charge is 0.234 e. The summed E-state index contributed by atoms with van der Waals surface area (Å²) >= 11 is 0. The van der Waals surface area contributed by atoms with E-state index in [4.69, 9.17) is 0 Å². The SMILES string of the molecule is CC(NC(=O)CN1CCN(CCc2ccccc2)CC1)c1ccc(F)cc1. The summed E-state index contributed by atoms with van der Waals surface area (Å²) < 4.78 is 13.0. The molecule has 1 aliphatic heterocycles. The van der Waals surface area contributed by atoms with E-state index in [-0.39, 0.29) is 17.8 Å². The number of amides is 1. The summed E-state index contributed by atoms with van der Waals surface area (Å²) in [5, 5.41) is 3.00. The van der Waals surface area contributed by atoms with E-state index in [1.807, 2.05) is 13.0 Å². The van der Waals surface area contributed by atoms with Crippen LogP contribution in [0.3, 0.4) is 0 Å². The number of carbonyl (C=O) groups excluding carboxylic acids is 1. The molecule has 3 rings (SSSR count). The number of rotatable bonds is 7. The van der Waals surface area contributed by atoms with Gasteiger partial charge in [0.15, 0.2) is 0 Å². The highest BCUT2D eigenvalue weighted by Crippen LogP contribution is 2.13. The van der Waals surface area contributed by atoms with Gasteiger partial charge in [0, 0.05) is 32.7 Å². The number of hydrogen-bond donors (Lipinski definition) is 1. The molecule has 0 bridgehead atoms. The number of hydrogen-bond acceptors (Lipinski definition) is 3. The fourth-order valence-electron chi connectivity index (χ4n) is 3.43. The standard InChI is InChI=1S/C22H28FN3O/c1-18(20-7-9-21(23)10-8-20)24-22(27)17-26-15-13-25(14-16-26)12-11-19-5-3-2-4-6-19/h2-10,18H,11-17H2,1H3,(H,24,27). The first kappa shape index (κ1) is 19.5. The van der Waals surface area contributed by atoms with Crippen LogP contribution in [-0.2, 0) is 11.2 Å². The Morgan fingerprint density at radius 3 is 2.30 bits per heavy atom. The topological polar surface area (TPSA) is 35.6 Å². The van der Waals surface area contributed by atoms with Crippen LogP contribution in [0.15, 0.2) is 54.6 Å². The first-order chi connectivity index (χ1) is 13.1. The second kappa shape index (κ2) is 9.62. The van der Waals surface area contributed by atoms with Crippen molar-refractivity contribution in [3.63, 3.8) is 0 Å². The van der Waals surface area contributed by atoms with Crippen LogP contribution < -0.4 is 5.32 Å². The molecule has 1 heterocycles. The van der Waals surface area contributed by atoms with Crippen molar-refractivity contribution >= 4 is 5.91 Å². The fourth-order valence-corrected chi connectivity index (χ4v) is 3.43. The molecule has 1 amide bonds. The highest BCUT2D eigenvalue weighted by atomic mass is 19.1. The highest BCUT2D eigenvalue weighted by Gasteiger charge is 2.19. The lowest BCUT2D eigenvalue weighted by Crippen LogP contribution is -2.50. The van der Waals surface area contributed by atoms with Crippen LogP contribution in [0.4, 0.5) is 4.39 Å². The van der Waals surface area contributed by atoms with Gasteiger partial charge < -0.3 is 10.2 Å². The van der Waals surface area contributed by atoms with E-state index in [2.05, 4.69) is 39.4 Å². The Hall–Kier alpha value is -2.24. The Morgan fingerprint density at radius 2 is 1.63 bits per heavy atom. The van der Waals surface area contributed by atoms with Gasteiger partial charge in [0.1, 0.15) is 5.82 Å². The van der Waals surface area contributed by atoms with Gasteiger partial charge in [0.05, 0.1) is 12.6 Å². The van der Waals surface area contributed by atoms with Crippen molar-refractivity contribution in [2.24, 2.45) is 0 Å². The molecule has 0 aromatic heterocycles. The van der Waals surface area contributed by atoms with Gasteiger partial charge in [-0.25, -0.2) is 4.39 Å². The quantitative estimate of drug-likeness (QED) is 0.815.